The first-order valence-corrected chi connectivity index (χ1v) is 5.99. The van der Waals surface area contributed by atoms with Crippen LogP contribution < -0.4 is 9.47 Å². The van der Waals surface area contributed by atoms with Gasteiger partial charge in [-0.25, -0.2) is 0 Å². The summed E-state index contributed by atoms with van der Waals surface area (Å²) in [7, 11) is 1.59. The number of hydrogen-bond acceptors (Lipinski definition) is 3. The molecular weight excluding hydrogens is 242 g/mol. The molecule has 2 aromatic rings. The highest BCUT2D eigenvalue weighted by atomic mass is 16.5. The molecule has 2 aromatic carbocycles. The Morgan fingerprint density at radius 3 is 2.68 bits per heavy atom. The number of nitrogens with zero attached hydrogens (tertiary/aromatic N) is 1. The zero-order valence-corrected chi connectivity index (χ0v) is 10.5. The average Bonchev–Trinajstić information content (AvgIpc) is 2.48. The van der Waals surface area contributed by atoms with Crippen molar-refractivity contribution in [1.29, 1.82) is 0 Å². The van der Waals surface area contributed by atoms with Gasteiger partial charge in [-0.05, 0) is 18.2 Å². The number of methoxy groups -OCH3 is 1. The second-order valence-electron chi connectivity index (χ2n) is 4.20. The maximum atomic E-state index is 12.4. The third-order valence-corrected chi connectivity index (χ3v) is 3.11. The smallest absolute Gasteiger partial charge is 0.259 e. The van der Waals surface area contributed by atoms with E-state index < -0.39 is 0 Å². The van der Waals surface area contributed by atoms with Gasteiger partial charge in [0.05, 0.1) is 12.7 Å². The molecule has 4 nitrogen and oxygen atoms in total. The highest BCUT2D eigenvalue weighted by Crippen LogP contribution is 2.31. The summed E-state index contributed by atoms with van der Waals surface area (Å²) in [6.07, 6.45) is 0. The van der Waals surface area contributed by atoms with Crippen LogP contribution in [0.25, 0.3) is 0 Å². The molecule has 0 atom stereocenters. The molecule has 19 heavy (non-hydrogen) atoms. The number of benzene rings is 2. The Bertz CT molecular complexity index is 649. The van der Waals surface area contributed by atoms with Crippen molar-refractivity contribution in [2.45, 2.75) is 0 Å². The Balaban J connectivity index is 2.16. The van der Waals surface area contributed by atoms with Gasteiger partial charge in [0, 0.05) is 6.07 Å². The average molecular weight is 255 g/mol. The van der Waals surface area contributed by atoms with Gasteiger partial charge in [-0.1, -0.05) is 24.3 Å². The molecule has 0 unspecified atom stereocenters. The van der Waals surface area contributed by atoms with Crippen molar-refractivity contribution in [3.63, 3.8) is 0 Å². The van der Waals surface area contributed by atoms with Crippen LogP contribution in [0, 0.1) is 5.21 Å². The van der Waals surface area contributed by atoms with Gasteiger partial charge in [0.1, 0.15) is 5.75 Å². The molecule has 1 heterocycles. The maximum Gasteiger partial charge on any atom is 0.259 e. The minimum atomic E-state index is 0.237. The summed E-state index contributed by atoms with van der Waals surface area (Å²) in [5, 5.41) is 12.4. The molecule has 0 amide bonds. The summed E-state index contributed by atoms with van der Waals surface area (Å²) >= 11 is 0. The molecular formula is C15H13NO3. The standard InChI is InChI=1S/C15H13NO3/c1-18-14-8-4-2-6-11(14)13-10-19-15-9-5-3-7-12(15)16(13)17/h2-9H,10H2,1H3. The van der Waals surface area contributed by atoms with Crippen LogP contribution in [0.1, 0.15) is 5.56 Å². The van der Waals surface area contributed by atoms with Crippen molar-refractivity contribution in [3.05, 3.63) is 59.3 Å². The Morgan fingerprint density at radius 1 is 1.11 bits per heavy atom. The molecule has 0 radical (unpaired) electrons. The fourth-order valence-electron chi connectivity index (χ4n) is 2.17. The van der Waals surface area contributed by atoms with Crippen LogP contribution in [0.3, 0.4) is 0 Å². The minimum absolute atomic E-state index is 0.237. The lowest BCUT2D eigenvalue weighted by Crippen LogP contribution is -2.26. The Hall–Kier alpha value is -2.49. The van der Waals surface area contributed by atoms with E-state index in [-0.39, 0.29) is 6.61 Å². The second-order valence-corrected chi connectivity index (χ2v) is 4.20. The second kappa shape index (κ2) is 4.65. The maximum absolute atomic E-state index is 12.4. The molecule has 3 rings (SSSR count). The number of ether oxygens (including phenoxy) is 2. The van der Waals surface area contributed by atoms with E-state index in [9.17, 15) is 5.21 Å². The van der Waals surface area contributed by atoms with Crippen molar-refractivity contribution in [3.8, 4) is 11.5 Å². The molecule has 0 saturated carbocycles. The van der Waals surface area contributed by atoms with Gasteiger partial charge in [0.2, 0.25) is 5.71 Å². The van der Waals surface area contributed by atoms with Gasteiger partial charge in [0.15, 0.2) is 12.4 Å². The molecule has 0 aliphatic carbocycles. The highest BCUT2D eigenvalue weighted by Gasteiger charge is 2.26. The Kier molecular flexibility index (Phi) is 2.83. The molecule has 4 heteroatoms. The van der Waals surface area contributed by atoms with Crippen molar-refractivity contribution in [2.75, 3.05) is 13.7 Å². The lowest BCUT2D eigenvalue weighted by Gasteiger charge is -2.19. The van der Waals surface area contributed by atoms with Gasteiger partial charge in [0.25, 0.3) is 5.69 Å². The summed E-state index contributed by atoms with van der Waals surface area (Å²) in [6, 6.07) is 14.6. The van der Waals surface area contributed by atoms with Crippen LogP contribution >= 0.6 is 0 Å². The van der Waals surface area contributed by atoms with E-state index in [1.807, 2.05) is 36.4 Å². The van der Waals surface area contributed by atoms with Crippen LogP contribution in [-0.2, 0) is 0 Å². The SMILES string of the molecule is COc1ccccc1C1=[N+]([O-])c2ccccc2OC1. The van der Waals surface area contributed by atoms with E-state index in [0.717, 1.165) is 10.3 Å². The summed E-state index contributed by atoms with van der Waals surface area (Å²) in [4.78, 5) is 0. The van der Waals surface area contributed by atoms with Crippen LogP contribution in [0.15, 0.2) is 48.5 Å². The van der Waals surface area contributed by atoms with Gasteiger partial charge >= 0.3 is 0 Å². The van der Waals surface area contributed by atoms with Crippen LogP contribution in [0.4, 0.5) is 5.69 Å². The zero-order chi connectivity index (χ0) is 13.2. The van der Waals surface area contributed by atoms with Crippen LogP contribution in [0.2, 0.25) is 0 Å². The summed E-state index contributed by atoms with van der Waals surface area (Å²) in [6.45, 7) is 0.237. The fraction of sp³-hybridized carbons (Fsp3) is 0.133. The van der Waals surface area contributed by atoms with Gasteiger partial charge in [-0.2, -0.15) is 4.74 Å². The van der Waals surface area contributed by atoms with E-state index in [2.05, 4.69) is 0 Å². The van der Waals surface area contributed by atoms with Crippen molar-refractivity contribution < 1.29 is 14.2 Å². The number of fused-ring (bicyclic) bond motifs is 1. The molecule has 1 aliphatic rings. The molecule has 0 N–H and O–H groups in total. The largest absolute Gasteiger partial charge is 0.618 e. The topological polar surface area (TPSA) is 44.5 Å². The van der Waals surface area contributed by atoms with Gasteiger partial charge in [-0.15, -0.1) is 0 Å². The third-order valence-electron chi connectivity index (χ3n) is 3.11. The first kappa shape index (κ1) is 11.6. The lowest BCUT2D eigenvalue weighted by molar-refractivity contribution is -0.367. The highest BCUT2D eigenvalue weighted by molar-refractivity contribution is 6.01. The van der Waals surface area contributed by atoms with Gasteiger partial charge < -0.3 is 14.7 Å². The monoisotopic (exact) mass is 255 g/mol. The van der Waals surface area contributed by atoms with Gasteiger partial charge in [-0.3, -0.25) is 0 Å². The number of rotatable bonds is 2. The van der Waals surface area contributed by atoms with Crippen molar-refractivity contribution in [1.82, 2.24) is 0 Å². The molecule has 96 valence electrons. The van der Waals surface area contributed by atoms with E-state index in [0.29, 0.717) is 22.9 Å². The third kappa shape index (κ3) is 1.91. The molecule has 1 aliphatic heterocycles. The van der Waals surface area contributed by atoms with E-state index in [1.54, 1.807) is 19.2 Å². The summed E-state index contributed by atoms with van der Waals surface area (Å²) in [5.74, 6) is 1.28. The fourth-order valence-corrected chi connectivity index (χ4v) is 2.17. The van der Waals surface area contributed by atoms with E-state index >= 15 is 0 Å². The first-order chi connectivity index (χ1) is 9.31. The first-order valence-electron chi connectivity index (χ1n) is 5.99. The summed E-state index contributed by atoms with van der Waals surface area (Å²) in [5.41, 5.74) is 1.83. The molecule has 0 bridgehead atoms. The number of hydrogen-bond donors (Lipinski definition) is 0. The zero-order valence-electron chi connectivity index (χ0n) is 10.5. The minimum Gasteiger partial charge on any atom is -0.618 e. The molecule has 0 saturated heterocycles. The normalized spacial score (nSPS) is 13.7. The van der Waals surface area contributed by atoms with E-state index in [1.165, 1.54) is 0 Å². The molecule has 0 spiro atoms. The van der Waals surface area contributed by atoms with Crippen LogP contribution in [0.5, 0.6) is 11.5 Å². The summed E-state index contributed by atoms with van der Waals surface area (Å²) < 4.78 is 11.8. The van der Waals surface area contributed by atoms with E-state index in [4.69, 9.17) is 9.47 Å². The Labute approximate surface area is 111 Å². The van der Waals surface area contributed by atoms with Crippen LogP contribution in [-0.4, -0.2) is 24.2 Å². The van der Waals surface area contributed by atoms with Crippen molar-refractivity contribution in [2.24, 2.45) is 0 Å². The quantitative estimate of drug-likeness (QED) is 0.612. The predicted octanol–water partition coefficient (Wildman–Crippen LogP) is 2.72. The molecule has 0 aromatic heterocycles. The number of para-hydroxylation sites is 3. The molecule has 0 fully saturated rings. The predicted molar refractivity (Wildman–Crippen MR) is 72.3 cm³/mol. The Morgan fingerprint density at radius 2 is 1.84 bits per heavy atom. The lowest BCUT2D eigenvalue weighted by atomic mass is 10.1. The van der Waals surface area contributed by atoms with Crippen molar-refractivity contribution >= 4 is 11.4 Å².